The second-order valence-electron chi connectivity index (χ2n) is 4.74. The van der Waals surface area contributed by atoms with Crippen LogP contribution in [0.2, 0.25) is 0 Å². The van der Waals surface area contributed by atoms with Crippen LogP contribution in [-0.4, -0.2) is 18.1 Å². The summed E-state index contributed by atoms with van der Waals surface area (Å²) in [6.45, 7) is 6.55. The fraction of sp³-hybridized carbons (Fsp3) is 0.400. The zero-order chi connectivity index (χ0) is 12.4. The van der Waals surface area contributed by atoms with Crippen molar-refractivity contribution in [3.8, 4) is 0 Å². The van der Waals surface area contributed by atoms with Crippen LogP contribution in [0.25, 0.3) is 10.9 Å². The summed E-state index contributed by atoms with van der Waals surface area (Å²) in [7, 11) is 2.01. The number of fused-ring (bicyclic) bond motifs is 1. The van der Waals surface area contributed by atoms with E-state index < -0.39 is 0 Å². The normalized spacial score (nSPS) is 14.8. The molecule has 90 valence electrons. The molecule has 0 aliphatic heterocycles. The number of aryl methyl sites for hydroxylation is 1. The molecule has 0 radical (unpaired) electrons. The van der Waals surface area contributed by atoms with Gasteiger partial charge >= 0.3 is 0 Å². The highest BCUT2D eigenvalue weighted by Gasteiger charge is 2.15. The molecule has 0 fully saturated rings. The largest absolute Gasteiger partial charge is 0.317 e. The van der Waals surface area contributed by atoms with Crippen LogP contribution in [0, 0.1) is 6.92 Å². The van der Waals surface area contributed by atoms with Crippen LogP contribution in [0.5, 0.6) is 0 Å². The van der Waals surface area contributed by atoms with Crippen molar-refractivity contribution in [2.24, 2.45) is 0 Å². The third-order valence-corrected chi connectivity index (χ3v) is 3.57. The van der Waals surface area contributed by atoms with Crippen LogP contribution in [-0.2, 0) is 0 Å². The van der Waals surface area contributed by atoms with Gasteiger partial charge in [0.15, 0.2) is 0 Å². The first-order valence-corrected chi connectivity index (χ1v) is 6.17. The average Bonchev–Trinajstić information content (AvgIpc) is 2.35. The van der Waals surface area contributed by atoms with Crippen LogP contribution in [0.4, 0.5) is 0 Å². The molecule has 2 heteroatoms. The Labute approximate surface area is 103 Å². The van der Waals surface area contributed by atoms with E-state index in [0.717, 1.165) is 11.2 Å². The first kappa shape index (κ1) is 12.1. The quantitative estimate of drug-likeness (QED) is 0.872. The van der Waals surface area contributed by atoms with Gasteiger partial charge in [-0.15, -0.1) is 0 Å². The summed E-state index contributed by atoms with van der Waals surface area (Å²) in [5.41, 5.74) is 3.57. The Hall–Kier alpha value is -1.41. The van der Waals surface area contributed by atoms with E-state index in [1.165, 1.54) is 10.9 Å². The van der Waals surface area contributed by atoms with Gasteiger partial charge in [0.05, 0.1) is 5.52 Å². The first-order chi connectivity index (χ1) is 8.13. The van der Waals surface area contributed by atoms with E-state index in [9.17, 15) is 0 Å². The van der Waals surface area contributed by atoms with Crippen molar-refractivity contribution in [1.29, 1.82) is 0 Å². The molecule has 2 aromatic rings. The van der Waals surface area contributed by atoms with Crippen molar-refractivity contribution in [2.45, 2.75) is 32.7 Å². The van der Waals surface area contributed by atoms with Crippen LogP contribution in [0.15, 0.2) is 30.3 Å². The topological polar surface area (TPSA) is 24.9 Å². The van der Waals surface area contributed by atoms with Crippen LogP contribution >= 0.6 is 0 Å². The molecular formula is C15H20N2. The molecule has 17 heavy (non-hydrogen) atoms. The van der Waals surface area contributed by atoms with Crippen molar-refractivity contribution in [3.63, 3.8) is 0 Å². The van der Waals surface area contributed by atoms with Gasteiger partial charge in [0.1, 0.15) is 0 Å². The SMILES string of the molecule is CNC(C)C(C)c1cc(C)nc2ccccc12. The van der Waals surface area contributed by atoms with E-state index in [-0.39, 0.29) is 0 Å². The Morgan fingerprint density at radius 3 is 2.59 bits per heavy atom. The molecule has 0 aliphatic rings. The smallest absolute Gasteiger partial charge is 0.0708 e. The maximum Gasteiger partial charge on any atom is 0.0708 e. The molecule has 1 heterocycles. The van der Waals surface area contributed by atoms with Crippen LogP contribution < -0.4 is 5.32 Å². The molecule has 0 saturated carbocycles. The summed E-state index contributed by atoms with van der Waals surface area (Å²) in [5, 5.41) is 4.60. The minimum Gasteiger partial charge on any atom is -0.317 e. The van der Waals surface area contributed by atoms with Crippen LogP contribution in [0.1, 0.15) is 31.0 Å². The highest BCUT2D eigenvalue weighted by atomic mass is 14.9. The lowest BCUT2D eigenvalue weighted by atomic mass is 9.91. The summed E-state index contributed by atoms with van der Waals surface area (Å²) in [5.74, 6) is 0.478. The third kappa shape index (κ3) is 2.32. The summed E-state index contributed by atoms with van der Waals surface area (Å²) in [4.78, 5) is 4.58. The molecule has 1 N–H and O–H groups in total. The molecule has 1 aromatic heterocycles. The highest BCUT2D eigenvalue weighted by Crippen LogP contribution is 2.27. The van der Waals surface area contributed by atoms with Crippen molar-refractivity contribution >= 4 is 10.9 Å². The van der Waals surface area contributed by atoms with E-state index in [1.807, 2.05) is 13.1 Å². The molecule has 0 amide bonds. The number of nitrogens with zero attached hydrogens (tertiary/aromatic N) is 1. The molecule has 1 aromatic carbocycles. The molecule has 2 unspecified atom stereocenters. The summed E-state index contributed by atoms with van der Waals surface area (Å²) >= 11 is 0. The van der Waals surface area contributed by atoms with Gasteiger partial charge in [0.25, 0.3) is 0 Å². The van der Waals surface area contributed by atoms with Crippen molar-refractivity contribution < 1.29 is 0 Å². The van der Waals surface area contributed by atoms with E-state index in [1.54, 1.807) is 0 Å². The standard InChI is InChI=1S/C15H20N2/c1-10-9-14(11(2)12(3)16-4)13-7-5-6-8-15(13)17-10/h5-9,11-12,16H,1-4H3. The lowest BCUT2D eigenvalue weighted by molar-refractivity contribution is 0.526. The minimum absolute atomic E-state index is 0.459. The molecular weight excluding hydrogens is 208 g/mol. The van der Waals surface area contributed by atoms with Crippen molar-refractivity contribution in [3.05, 3.63) is 41.6 Å². The number of para-hydroxylation sites is 1. The second-order valence-corrected chi connectivity index (χ2v) is 4.74. The lowest BCUT2D eigenvalue weighted by Gasteiger charge is -2.21. The summed E-state index contributed by atoms with van der Waals surface area (Å²) in [6.07, 6.45) is 0. The Morgan fingerprint density at radius 2 is 1.88 bits per heavy atom. The Morgan fingerprint density at radius 1 is 1.18 bits per heavy atom. The fourth-order valence-corrected chi connectivity index (χ4v) is 2.24. The number of pyridine rings is 1. The number of aromatic nitrogens is 1. The average molecular weight is 228 g/mol. The monoisotopic (exact) mass is 228 g/mol. The third-order valence-electron chi connectivity index (χ3n) is 3.57. The molecule has 0 saturated heterocycles. The Kier molecular flexibility index (Phi) is 3.43. The van der Waals surface area contributed by atoms with Gasteiger partial charge in [0.2, 0.25) is 0 Å². The number of benzene rings is 1. The number of hydrogen-bond acceptors (Lipinski definition) is 2. The van der Waals surface area contributed by atoms with Crippen molar-refractivity contribution in [2.75, 3.05) is 7.05 Å². The maximum absolute atomic E-state index is 4.58. The predicted octanol–water partition coefficient (Wildman–Crippen LogP) is 3.25. The van der Waals surface area contributed by atoms with E-state index >= 15 is 0 Å². The molecule has 0 aliphatic carbocycles. The van der Waals surface area contributed by atoms with Gasteiger partial charge in [-0.05, 0) is 44.5 Å². The van der Waals surface area contributed by atoms with E-state index in [2.05, 4.69) is 55.3 Å². The van der Waals surface area contributed by atoms with Crippen molar-refractivity contribution in [1.82, 2.24) is 10.3 Å². The molecule has 2 rings (SSSR count). The second kappa shape index (κ2) is 4.84. The van der Waals surface area contributed by atoms with Gasteiger partial charge < -0.3 is 5.32 Å². The Balaban J connectivity index is 2.59. The predicted molar refractivity (Wildman–Crippen MR) is 73.4 cm³/mol. The zero-order valence-corrected chi connectivity index (χ0v) is 11.0. The van der Waals surface area contributed by atoms with Crippen LogP contribution in [0.3, 0.4) is 0 Å². The minimum atomic E-state index is 0.459. The Bertz CT molecular complexity index is 519. The molecule has 0 bridgehead atoms. The zero-order valence-electron chi connectivity index (χ0n) is 11.0. The maximum atomic E-state index is 4.58. The number of nitrogens with one attached hydrogen (secondary N) is 1. The highest BCUT2D eigenvalue weighted by molar-refractivity contribution is 5.82. The van der Waals surface area contributed by atoms with Gasteiger partial charge in [0, 0.05) is 17.1 Å². The molecule has 2 nitrogen and oxygen atoms in total. The van der Waals surface area contributed by atoms with Gasteiger partial charge in [-0.1, -0.05) is 25.1 Å². The summed E-state index contributed by atoms with van der Waals surface area (Å²) in [6, 6.07) is 11.0. The number of likely N-dealkylation sites (N-methyl/N-ethyl adjacent to an activating group) is 1. The molecule has 2 atom stereocenters. The number of rotatable bonds is 3. The fourth-order valence-electron chi connectivity index (χ4n) is 2.24. The van der Waals surface area contributed by atoms with Gasteiger partial charge in [-0.25, -0.2) is 0 Å². The van der Waals surface area contributed by atoms with Gasteiger partial charge in [-0.3, -0.25) is 4.98 Å². The summed E-state index contributed by atoms with van der Waals surface area (Å²) < 4.78 is 0. The molecule has 0 spiro atoms. The van der Waals surface area contributed by atoms with Gasteiger partial charge in [-0.2, -0.15) is 0 Å². The number of hydrogen-bond donors (Lipinski definition) is 1. The van der Waals surface area contributed by atoms with E-state index in [0.29, 0.717) is 12.0 Å². The van der Waals surface area contributed by atoms with E-state index in [4.69, 9.17) is 0 Å². The first-order valence-electron chi connectivity index (χ1n) is 6.17. The lowest BCUT2D eigenvalue weighted by Crippen LogP contribution is -2.27.